The van der Waals surface area contributed by atoms with Crippen molar-refractivity contribution in [3.05, 3.63) is 172 Å². The molecule has 0 radical (unpaired) electrons. The number of nitrogens with zero attached hydrogens (tertiary/aromatic N) is 4. The van der Waals surface area contributed by atoms with Crippen LogP contribution in [0.25, 0.3) is 66.2 Å². The van der Waals surface area contributed by atoms with Gasteiger partial charge in [-0.15, -0.1) is 58.1 Å². The number of hydrogen-bond donors (Lipinski definition) is 0. The largest absolute Gasteiger partial charge is 2.00 e. The molecule has 64 heavy (non-hydrogen) atoms. The molecular formula is C58H54N4PtS. The van der Waals surface area contributed by atoms with Crippen molar-refractivity contribution in [2.75, 3.05) is 0 Å². The second kappa shape index (κ2) is 14.6. The third kappa shape index (κ3) is 6.20. The molecule has 0 bridgehead atoms. The van der Waals surface area contributed by atoms with Crippen LogP contribution in [0.2, 0.25) is 0 Å². The van der Waals surface area contributed by atoms with Gasteiger partial charge in [-0.1, -0.05) is 126 Å². The number of fused-ring (bicyclic) bond motifs is 9. The Morgan fingerprint density at radius 3 is 2.16 bits per heavy atom. The molecule has 0 N–H and O–H groups in total. The van der Waals surface area contributed by atoms with E-state index in [0.717, 1.165) is 93.5 Å². The molecule has 0 unspecified atom stereocenters. The van der Waals surface area contributed by atoms with Crippen molar-refractivity contribution in [2.24, 2.45) is 10.4 Å². The number of aromatic nitrogens is 3. The first-order valence-electron chi connectivity index (χ1n) is 23.2. The third-order valence-corrected chi connectivity index (χ3v) is 15.9. The molecule has 2 atom stereocenters. The van der Waals surface area contributed by atoms with E-state index < -0.39 is 16.7 Å². The molecule has 2 aliphatic rings. The van der Waals surface area contributed by atoms with Gasteiger partial charge in [-0.05, 0) is 120 Å². The van der Waals surface area contributed by atoms with E-state index in [9.17, 15) is 2.74 Å². The van der Waals surface area contributed by atoms with E-state index in [0.29, 0.717) is 0 Å². The topological polar surface area (TPSA) is 35.1 Å². The van der Waals surface area contributed by atoms with Crippen molar-refractivity contribution >= 4 is 60.5 Å². The van der Waals surface area contributed by atoms with Crippen LogP contribution in [0.4, 0.5) is 0 Å². The van der Waals surface area contributed by atoms with E-state index in [1.807, 2.05) is 12.3 Å². The SMILES string of the molecule is [2H]C1([2H])c2cc(C)c(C)cc2[C@]2(C(C)(C)C)SC(c3[c-]c(-n4c5[c-]c(-n6c7ccc(-c8ccccc8)cc7c7cccnc76)c(C)cc5c5cc(C)ccc54)cc(C(C)(C)C)c3)=N[C@]12C.[Pt+2]. The molecule has 0 spiro atoms. The summed E-state index contributed by atoms with van der Waals surface area (Å²) in [6.07, 6.45) is 0.179. The third-order valence-electron chi connectivity index (χ3n) is 13.9. The van der Waals surface area contributed by atoms with Crippen LogP contribution in [0.5, 0.6) is 0 Å². The summed E-state index contributed by atoms with van der Waals surface area (Å²) in [6, 6.07) is 47.3. The monoisotopic (exact) mass is 1040 g/mol. The molecule has 6 aromatic carbocycles. The first kappa shape index (κ1) is 40.3. The number of pyridine rings is 1. The number of aliphatic imine (C=N–C) groups is 1. The predicted molar refractivity (Wildman–Crippen MR) is 267 cm³/mol. The van der Waals surface area contributed by atoms with Gasteiger partial charge in [-0.3, -0.25) is 0 Å². The van der Waals surface area contributed by atoms with Gasteiger partial charge in [0.05, 0.1) is 15.8 Å². The molecular weight excluding hydrogens is 980 g/mol. The number of thioether (sulfide) groups is 1. The molecule has 0 fully saturated rings. The van der Waals surface area contributed by atoms with Gasteiger partial charge >= 0.3 is 21.1 Å². The van der Waals surface area contributed by atoms with Gasteiger partial charge in [0.1, 0.15) is 5.65 Å². The Morgan fingerprint density at radius 2 is 1.41 bits per heavy atom. The van der Waals surface area contributed by atoms with E-state index in [-0.39, 0.29) is 31.9 Å². The van der Waals surface area contributed by atoms with Crippen molar-refractivity contribution in [1.82, 2.24) is 14.1 Å². The van der Waals surface area contributed by atoms with Crippen molar-refractivity contribution in [2.45, 2.75) is 98.2 Å². The summed E-state index contributed by atoms with van der Waals surface area (Å²) in [4.78, 5) is 10.6. The Labute approximate surface area is 399 Å². The fourth-order valence-electron chi connectivity index (χ4n) is 10.6. The van der Waals surface area contributed by atoms with Gasteiger partial charge in [0.25, 0.3) is 0 Å². The maximum Gasteiger partial charge on any atom is 2.00 e. The molecule has 9 aromatic rings. The summed E-state index contributed by atoms with van der Waals surface area (Å²) in [6.45, 7) is 24.1. The summed E-state index contributed by atoms with van der Waals surface area (Å²) < 4.78 is 23.7. The normalized spacial score (nSPS) is 19.8. The minimum absolute atomic E-state index is 0. The van der Waals surface area contributed by atoms with Gasteiger partial charge in [-0.25, -0.2) is 4.98 Å². The fraction of sp³-hybridized carbons (Fsp3) is 0.276. The Hall–Kier alpha value is -5.22. The van der Waals surface area contributed by atoms with Gasteiger partial charge in [-0.2, -0.15) is 6.07 Å². The molecule has 0 saturated carbocycles. The quantitative estimate of drug-likeness (QED) is 0.165. The van der Waals surface area contributed by atoms with Crippen LogP contribution in [-0.2, 0) is 37.6 Å². The van der Waals surface area contributed by atoms with Crippen LogP contribution in [0.15, 0.2) is 120 Å². The summed E-state index contributed by atoms with van der Waals surface area (Å²) in [7, 11) is 0. The molecule has 3 aromatic heterocycles. The van der Waals surface area contributed by atoms with Gasteiger partial charge < -0.3 is 14.1 Å². The molecule has 6 heteroatoms. The van der Waals surface area contributed by atoms with Gasteiger partial charge in [0.2, 0.25) is 0 Å². The average molecular weight is 1040 g/mol. The average Bonchev–Trinajstić information content (AvgIpc) is 3.92. The van der Waals surface area contributed by atoms with E-state index in [2.05, 4.69) is 201 Å². The van der Waals surface area contributed by atoms with Crippen molar-refractivity contribution < 1.29 is 23.8 Å². The van der Waals surface area contributed by atoms with Crippen LogP contribution in [-0.4, -0.2) is 24.7 Å². The molecule has 1 aliphatic carbocycles. The summed E-state index contributed by atoms with van der Waals surface area (Å²) in [5.74, 6) is 0. The zero-order chi connectivity index (χ0) is 45.7. The number of hydrogen-bond acceptors (Lipinski definition) is 3. The van der Waals surface area contributed by atoms with Crippen molar-refractivity contribution in [3.8, 4) is 22.5 Å². The number of aryl methyl sites for hydroxylation is 4. The minimum atomic E-state index is -1.70. The van der Waals surface area contributed by atoms with Crippen LogP contribution in [0.1, 0.15) is 95.7 Å². The molecule has 4 nitrogen and oxygen atoms in total. The van der Waals surface area contributed by atoms with Crippen LogP contribution in [0.3, 0.4) is 0 Å². The minimum Gasteiger partial charge on any atom is -0.352 e. The van der Waals surface area contributed by atoms with Crippen LogP contribution >= 0.6 is 11.8 Å². The Balaban J connectivity index is 0.00000511. The predicted octanol–water partition coefficient (Wildman–Crippen LogP) is 14.8. The molecule has 4 heterocycles. The summed E-state index contributed by atoms with van der Waals surface area (Å²) in [5.41, 5.74) is 15.0. The Morgan fingerprint density at radius 1 is 0.688 bits per heavy atom. The van der Waals surface area contributed by atoms with E-state index in [4.69, 9.17) is 9.98 Å². The van der Waals surface area contributed by atoms with Gasteiger partial charge in [0, 0.05) is 30.3 Å². The Kier molecular flexibility index (Phi) is 9.22. The molecule has 322 valence electrons. The second-order valence-electron chi connectivity index (χ2n) is 20.3. The van der Waals surface area contributed by atoms with Crippen LogP contribution < -0.4 is 0 Å². The van der Waals surface area contributed by atoms with E-state index >= 15 is 0 Å². The standard InChI is InChI=1S/C58H54N4S.Pt/c1-34-19-21-49-45(24-34)46-26-37(4)51(62-50-22-20-39(38-16-13-12-14-17-38)30-47(50)44-18-15-23-59-53(44)62)32-52(46)61(49)43-29-40(28-42(31-43)55(5,6)7)54-60-57(11)33-41-25-35(2)36(3)27-48(41)58(57,63-54)56(8,9)10;/h12-28,30-31H,33H2,1-11H3;/q-2;+2/t57-,58-;/m1./s1/i33D2;. The Bertz CT molecular complexity index is 3530. The zero-order valence-corrected chi connectivity index (χ0v) is 41.6. The summed E-state index contributed by atoms with van der Waals surface area (Å²) in [5, 5.41) is 5.35. The fourth-order valence-corrected chi connectivity index (χ4v) is 12.3. The van der Waals surface area contributed by atoms with E-state index in [1.165, 1.54) is 22.3 Å². The molecule has 11 rings (SSSR count). The first-order valence-corrected chi connectivity index (χ1v) is 23.0. The zero-order valence-electron chi connectivity index (χ0n) is 40.5. The van der Waals surface area contributed by atoms with Crippen LogP contribution in [0, 0.1) is 45.2 Å². The van der Waals surface area contributed by atoms with Gasteiger partial charge in [0.15, 0.2) is 0 Å². The van der Waals surface area contributed by atoms with Crippen molar-refractivity contribution in [1.29, 1.82) is 0 Å². The molecule has 1 aliphatic heterocycles. The molecule has 0 amide bonds. The van der Waals surface area contributed by atoms with Crippen molar-refractivity contribution in [3.63, 3.8) is 0 Å². The first-order chi connectivity index (χ1) is 30.7. The second-order valence-corrected chi connectivity index (χ2v) is 21.5. The number of rotatable bonds is 4. The molecule has 0 saturated heterocycles. The smallest absolute Gasteiger partial charge is 0.352 e. The maximum atomic E-state index is 9.88. The maximum absolute atomic E-state index is 9.88. The number of benzene rings is 6. The summed E-state index contributed by atoms with van der Waals surface area (Å²) >= 11 is 1.74. The van der Waals surface area contributed by atoms with E-state index in [1.54, 1.807) is 11.8 Å².